The monoisotopic (exact) mass is 491 g/mol. The summed E-state index contributed by atoms with van der Waals surface area (Å²) >= 11 is 5.25. The molecular formula is C25H29N7O2S. The molecule has 35 heavy (non-hydrogen) atoms. The van der Waals surface area contributed by atoms with E-state index in [9.17, 15) is 0 Å². The summed E-state index contributed by atoms with van der Waals surface area (Å²) in [5.41, 5.74) is 6.06. The summed E-state index contributed by atoms with van der Waals surface area (Å²) in [6, 6.07) is 13.8. The summed E-state index contributed by atoms with van der Waals surface area (Å²) < 4.78 is 11.1. The first-order valence-electron chi connectivity index (χ1n) is 11.6. The molecule has 1 aliphatic heterocycles. The van der Waals surface area contributed by atoms with Crippen LogP contribution in [-0.4, -0.2) is 59.3 Å². The van der Waals surface area contributed by atoms with Gasteiger partial charge in [-0.2, -0.15) is 5.10 Å². The van der Waals surface area contributed by atoms with Gasteiger partial charge in [0.25, 0.3) is 5.17 Å². The molecule has 1 fully saturated rings. The Morgan fingerprint density at radius 1 is 1.20 bits per heavy atom. The van der Waals surface area contributed by atoms with E-state index in [-0.39, 0.29) is 0 Å². The van der Waals surface area contributed by atoms with Gasteiger partial charge < -0.3 is 19.7 Å². The fourth-order valence-corrected chi connectivity index (χ4v) is 3.72. The van der Waals surface area contributed by atoms with Crippen molar-refractivity contribution in [3.63, 3.8) is 0 Å². The summed E-state index contributed by atoms with van der Waals surface area (Å²) in [5.74, 6) is 2.23. The van der Waals surface area contributed by atoms with Crippen LogP contribution in [0.5, 0.6) is 0 Å². The highest BCUT2D eigenvalue weighted by Gasteiger charge is 2.15. The molecule has 0 saturated carbocycles. The summed E-state index contributed by atoms with van der Waals surface area (Å²) in [7, 11) is 0. The number of morpholine rings is 1. The molecule has 0 unspecified atom stereocenters. The number of nitrogens with one attached hydrogen (secondary N) is 2. The van der Waals surface area contributed by atoms with Crippen molar-refractivity contribution >= 4 is 40.9 Å². The van der Waals surface area contributed by atoms with Crippen molar-refractivity contribution in [1.82, 2.24) is 15.0 Å². The van der Waals surface area contributed by atoms with Crippen LogP contribution < -0.4 is 15.6 Å². The second-order valence-electron chi connectivity index (χ2n) is 8.02. The third-order valence-corrected chi connectivity index (χ3v) is 5.43. The Morgan fingerprint density at radius 2 is 2.09 bits per heavy atom. The number of thiocarbonyl (C=S) groups is 1. The average Bonchev–Trinajstić information content (AvgIpc) is 2.88. The van der Waals surface area contributed by atoms with Crippen LogP contribution in [0.15, 0.2) is 60.0 Å². The lowest BCUT2D eigenvalue weighted by Crippen LogP contribution is -2.37. The smallest absolute Gasteiger partial charge is 0.261 e. The zero-order chi connectivity index (χ0) is 24.3. The van der Waals surface area contributed by atoms with Gasteiger partial charge in [0, 0.05) is 31.8 Å². The Balaban J connectivity index is 1.36. The maximum Gasteiger partial charge on any atom is 0.261 e. The third-order valence-electron chi connectivity index (χ3n) is 5.21. The first-order valence-corrected chi connectivity index (χ1v) is 12.0. The van der Waals surface area contributed by atoms with Crippen molar-refractivity contribution in [3.8, 4) is 0 Å². The van der Waals surface area contributed by atoms with E-state index in [1.807, 2.05) is 30.3 Å². The molecule has 1 aromatic carbocycles. The van der Waals surface area contributed by atoms with Gasteiger partial charge in [-0.05, 0) is 43.3 Å². The highest BCUT2D eigenvalue weighted by atomic mass is 32.1. The SMILES string of the molecule is Cc1cccc(C=NNc2cc(N3CCOCC3)nc(CCCOC(=S)Nc3cccnc3)n2)c1. The summed E-state index contributed by atoms with van der Waals surface area (Å²) in [6.07, 6.45) is 6.54. The molecule has 2 aromatic heterocycles. The van der Waals surface area contributed by atoms with E-state index in [0.29, 0.717) is 43.7 Å². The Labute approximate surface area is 210 Å². The number of aryl methyl sites for hydroxylation is 2. The van der Waals surface area contributed by atoms with Gasteiger partial charge in [-0.15, -0.1) is 0 Å². The van der Waals surface area contributed by atoms with Gasteiger partial charge in [0.1, 0.15) is 11.6 Å². The molecule has 3 aromatic rings. The number of hydrazone groups is 1. The number of hydrogen-bond donors (Lipinski definition) is 2. The van der Waals surface area contributed by atoms with E-state index >= 15 is 0 Å². The van der Waals surface area contributed by atoms with Gasteiger partial charge in [-0.3, -0.25) is 10.4 Å². The molecule has 2 N–H and O–H groups in total. The lowest BCUT2D eigenvalue weighted by atomic mass is 10.2. The summed E-state index contributed by atoms with van der Waals surface area (Å²) in [5, 5.41) is 7.70. The lowest BCUT2D eigenvalue weighted by Gasteiger charge is -2.28. The molecule has 1 saturated heterocycles. The lowest BCUT2D eigenvalue weighted by molar-refractivity contribution is 0.122. The van der Waals surface area contributed by atoms with Crippen molar-refractivity contribution in [2.45, 2.75) is 19.8 Å². The minimum absolute atomic E-state index is 0.314. The molecule has 10 heteroatoms. The number of pyridine rings is 1. The molecule has 9 nitrogen and oxygen atoms in total. The van der Waals surface area contributed by atoms with Crippen molar-refractivity contribution in [3.05, 3.63) is 71.8 Å². The molecule has 0 aliphatic carbocycles. The number of ether oxygens (including phenoxy) is 2. The van der Waals surface area contributed by atoms with E-state index in [2.05, 4.69) is 49.8 Å². The van der Waals surface area contributed by atoms with E-state index in [4.69, 9.17) is 26.7 Å². The van der Waals surface area contributed by atoms with Crippen molar-refractivity contribution in [2.24, 2.45) is 5.10 Å². The van der Waals surface area contributed by atoms with Crippen LogP contribution in [0.2, 0.25) is 0 Å². The van der Waals surface area contributed by atoms with Crippen molar-refractivity contribution in [2.75, 3.05) is 48.6 Å². The molecule has 1 aliphatic rings. The molecule has 3 heterocycles. The molecule has 0 bridgehead atoms. The van der Waals surface area contributed by atoms with E-state index in [0.717, 1.165) is 36.0 Å². The molecule has 0 amide bonds. The van der Waals surface area contributed by atoms with Crippen LogP contribution >= 0.6 is 12.2 Å². The normalized spacial score (nSPS) is 13.6. The number of anilines is 3. The van der Waals surface area contributed by atoms with E-state index in [1.165, 1.54) is 5.56 Å². The molecule has 182 valence electrons. The zero-order valence-electron chi connectivity index (χ0n) is 19.7. The Kier molecular flexibility index (Phi) is 8.91. The fourth-order valence-electron chi connectivity index (χ4n) is 3.52. The van der Waals surface area contributed by atoms with Crippen LogP contribution in [-0.2, 0) is 15.9 Å². The maximum atomic E-state index is 5.64. The molecule has 4 rings (SSSR count). The predicted octanol–water partition coefficient (Wildman–Crippen LogP) is 3.81. The van der Waals surface area contributed by atoms with Crippen molar-refractivity contribution in [1.29, 1.82) is 0 Å². The number of rotatable bonds is 9. The van der Waals surface area contributed by atoms with Crippen LogP contribution in [0, 0.1) is 6.92 Å². The minimum Gasteiger partial charge on any atom is -0.471 e. The second kappa shape index (κ2) is 12.7. The quantitative estimate of drug-likeness (QED) is 0.200. The first-order chi connectivity index (χ1) is 17.2. The third kappa shape index (κ3) is 7.97. The maximum absolute atomic E-state index is 5.64. The number of aromatic nitrogens is 3. The van der Waals surface area contributed by atoms with Crippen LogP contribution in [0.4, 0.5) is 17.3 Å². The predicted molar refractivity (Wildman–Crippen MR) is 142 cm³/mol. The highest BCUT2D eigenvalue weighted by molar-refractivity contribution is 7.80. The van der Waals surface area contributed by atoms with Crippen LogP contribution in [0.25, 0.3) is 0 Å². The minimum atomic E-state index is 0.314. The first kappa shape index (κ1) is 24.5. The van der Waals surface area contributed by atoms with Crippen molar-refractivity contribution < 1.29 is 9.47 Å². The molecule has 0 spiro atoms. The van der Waals surface area contributed by atoms with Gasteiger partial charge in [0.2, 0.25) is 0 Å². The van der Waals surface area contributed by atoms with Gasteiger partial charge in [-0.1, -0.05) is 29.8 Å². The standard InChI is InChI=1S/C25H29N7O2S/c1-19-5-2-6-20(15-19)17-27-31-23-16-24(32-10-13-33-14-11-32)30-22(29-23)8-4-12-34-25(35)28-21-7-3-9-26-18-21/h2-3,5-7,9,15-18H,4,8,10-14H2,1H3,(H,28,35)(H,29,30,31). The van der Waals surface area contributed by atoms with Gasteiger partial charge in [0.05, 0.1) is 37.9 Å². The van der Waals surface area contributed by atoms with E-state index < -0.39 is 0 Å². The number of nitrogens with zero attached hydrogens (tertiary/aromatic N) is 5. The zero-order valence-corrected chi connectivity index (χ0v) is 20.5. The fraction of sp³-hybridized carbons (Fsp3) is 0.320. The highest BCUT2D eigenvalue weighted by Crippen LogP contribution is 2.18. The largest absolute Gasteiger partial charge is 0.471 e. The van der Waals surface area contributed by atoms with Crippen LogP contribution in [0.1, 0.15) is 23.4 Å². The average molecular weight is 492 g/mol. The topological polar surface area (TPSA) is 96.8 Å². The number of benzene rings is 1. The van der Waals surface area contributed by atoms with E-state index in [1.54, 1.807) is 18.6 Å². The molecule has 0 atom stereocenters. The number of hydrogen-bond acceptors (Lipinski definition) is 9. The summed E-state index contributed by atoms with van der Waals surface area (Å²) in [6.45, 7) is 5.46. The molecule has 0 radical (unpaired) electrons. The Bertz CT molecular complexity index is 1140. The van der Waals surface area contributed by atoms with Crippen LogP contribution in [0.3, 0.4) is 0 Å². The Hall–Kier alpha value is -3.63. The van der Waals surface area contributed by atoms with Gasteiger partial charge in [-0.25, -0.2) is 9.97 Å². The second-order valence-corrected chi connectivity index (χ2v) is 8.39. The van der Waals surface area contributed by atoms with Gasteiger partial charge >= 0.3 is 0 Å². The van der Waals surface area contributed by atoms with Gasteiger partial charge in [0.15, 0.2) is 5.82 Å². The summed E-state index contributed by atoms with van der Waals surface area (Å²) in [4.78, 5) is 15.7. The Morgan fingerprint density at radius 3 is 2.89 bits per heavy atom. The molecular weight excluding hydrogens is 462 g/mol.